The van der Waals surface area contributed by atoms with Crippen molar-refractivity contribution in [1.29, 1.82) is 0 Å². The number of hydrogen-bond donors (Lipinski definition) is 1. The fourth-order valence-electron chi connectivity index (χ4n) is 1.48. The molecule has 0 radical (unpaired) electrons. The third-order valence-electron chi connectivity index (χ3n) is 2.22. The van der Waals surface area contributed by atoms with E-state index in [-0.39, 0.29) is 0 Å². The topological polar surface area (TPSA) is 38.1 Å². The summed E-state index contributed by atoms with van der Waals surface area (Å²) < 4.78 is 5.56. The highest BCUT2D eigenvalue weighted by Gasteiger charge is 2.09. The molecule has 0 atom stereocenters. The zero-order valence-corrected chi connectivity index (χ0v) is 10.4. The molecule has 0 aliphatic heterocycles. The Kier molecular flexibility index (Phi) is 3.69. The van der Waals surface area contributed by atoms with Crippen LogP contribution >= 0.6 is 23.2 Å². The Balaban J connectivity index is 2.26. The summed E-state index contributed by atoms with van der Waals surface area (Å²) in [6.45, 7) is 3.84. The van der Waals surface area contributed by atoms with Crippen molar-refractivity contribution in [2.45, 2.75) is 13.3 Å². The zero-order chi connectivity index (χ0) is 11.5. The van der Waals surface area contributed by atoms with E-state index in [1.165, 1.54) is 0 Å². The smallest absolute Gasteiger partial charge is 0.196 e. The molecule has 1 heterocycles. The lowest BCUT2D eigenvalue weighted by Gasteiger charge is -1.96. The van der Waals surface area contributed by atoms with Gasteiger partial charge in [-0.05, 0) is 18.7 Å². The molecule has 86 valence electrons. The fourth-order valence-corrected chi connectivity index (χ4v) is 2.01. The van der Waals surface area contributed by atoms with Crippen LogP contribution in [0.25, 0.3) is 11.1 Å². The van der Waals surface area contributed by atoms with Gasteiger partial charge in [-0.2, -0.15) is 0 Å². The minimum atomic E-state index is 0.504. The van der Waals surface area contributed by atoms with Crippen LogP contribution in [0.2, 0.25) is 10.0 Å². The molecule has 0 aliphatic carbocycles. The van der Waals surface area contributed by atoms with E-state index in [2.05, 4.69) is 17.2 Å². The van der Waals surface area contributed by atoms with Gasteiger partial charge in [-0.1, -0.05) is 30.1 Å². The van der Waals surface area contributed by atoms with Crippen molar-refractivity contribution in [2.75, 3.05) is 13.1 Å². The maximum Gasteiger partial charge on any atom is 0.196 e. The molecule has 0 bridgehead atoms. The average Bonchev–Trinajstić information content (AvgIpc) is 2.61. The van der Waals surface area contributed by atoms with Gasteiger partial charge in [0.25, 0.3) is 0 Å². The minimum absolute atomic E-state index is 0.504. The van der Waals surface area contributed by atoms with Crippen molar-refractivity contribution < 1.29 is 4.42 Å². The van der Waals surface area contributed by atoms with Crippen LogP contribution < -0.4 is 5.32 Å². The van der Waals surface area contributed by atoms with Gasteiger partial charge in [-0.25, -0.2) is 4.98 Å². The number of rotatable bonds is 4. The van der Waals surface area contributed by atoms with Crippen molar-refractivity contribution in [3.63, 3.8) is 0 Å². The van der Waals surface area contributed by atoms with E-state index >= 15 is 0 Å². The molecule has 2 aromatic rings. The monoisotopic (exact) mass is 258 g/mol. The van der Waals surface area contributed by atoms with Crippen LogP contribution in [0.1, 0.15) is 12.8 Å². The van der Waals surface area contributed by atoms with E-state index in [0.717, 1.165) is 19.5 Å². The summed E-state index contributed by atoms with van der Waals surface area (Å²) in [5, 5.41) is 4.29. The molecule has 2 rings (SSSR count). The number of oxazole rings is 1. The first kappa shape index (κ1) is 11.7. The van der Waals surface area contributed by atoms with E-state index < -0.39 is 0 Å². The fraction of sp³-hybridized carbons (Fsp3) is 0.364. The standard InChI is InChI=1S/C11H12Cl2N2O/c1-2-14-4-3-10-15-9-6-7(12)5-8(13)11(9)16-10/h5-6,14H,2-4H2,1H3. The van der Waals surface area contributed by atoms with Gasteiger partial charge in [-0.15, -0.1) is 0 Å². The first-order valence-electron chi connectivity index (χ1n) is 5.16. The Hall–Kier alpha value is -0.770. The molecular formula is C11H12Cl2N2O. The molecule has 0 spiro atoms. The Bertz CT molecular complexity index is 496. The summed E-state index contributed by atoms with van der Waals surface area (Å²) in [6, 6.07) is 3.41. The van der Waals surface area contributed by atoms with Gasteiger partial charge in [0.2, 0.25) is 0 Å². The Morgan fingerprint density at radius 2 is 2.19 bits per heavy atom. The van der Waals surface area contributed by atoms with Gasteiger partial charge in [0.1, 0.15) is 5.52 Å². The van der Waals surface area contributed by atoms with Crippen LogP contribution in [0.3, 0.4) is 0 Å². The molecule has 1 N–H and O–H groups in total. The Morgan fingerprint density at radius 3 is 2.94 bits per heavy atom. The zero-order valence-electron chi connectivity index (χ0n) is 8.89. The molecule has 0 fully saturated rings. The SMILES string of the molecule is CCNCCc1nc2cc(Cl)cc(Cl)c2o1. The van der Waals surface area contributed by atoms with Crippen molar-refractivity contribution in [3.8, 4) is 0 Å². The molecule has 0 saturated carbocycles. The van der Waals surface area contributed by atoms with E-state index in [9.17, 15) is 0 Å². The van der Waals surface area contributed by atoms with Gasteiger partial charge in [0.05, 0.1) is 5.02 Å². The van der Waals surface area contributed by atoms with E-state index in [4.69, 9.17) is 27.6 Å². The van der Waals surface area contributed by atoms with Gasteiger partial charge in [-0.3, -0.25) is 0 Å². The first-order chi connectivity index (χ1) is 7.70. The van der Waals surface area contributed by atoms with E-state index in [1.54, 1.807) is 12.1 Å². The molecule has 1 aromatic carbocycles. The normalized spacial score (nSPS) is 11.2. The third kappa shape index (κ3) is 2.48. The molecule has 16 heavy (non-hydrogen) atoms. The predicted molar refractivity (Wildman–Crippen MR) is 66.3 cm³/mol. The maximum atomic E-state index is 6.00. The second-order valence-corrected chi connectivity index (χ2v) is 4.29. The van der Waals surface area contributed by atoms with Crippen LogP contribution in [-0.2, 0) is 6.42 Å². The third-order valence-corrected chi connectivity index (χ3v) is 2.72. The summed E-state index contributed by atoms with van der Waals surface area (Å²) in [5.41, 5.74) is 1.32. The second-order valence-electron chi connectivity index (χ2n) is 3.45. The molecular weight excluding hydrogens is 247 g/mol. The number of fused-ring (bicyclic) bond motifs is 1. The molecule has 0 aliphatic rings. The highest BCUT2D eigenvalue weighted by atomic mass is 35.5. The predicted octanol–water partition coefficient (Wildman–Crippen LogP) is 3.29. The van der Waals surface area contributed by atoms with Crippen LogP contribution in [0.5, 0.6) is 0 Å². The Labute approximate surface area is 104 Å². The minimum Gasteiger partial charge on any atom is -0.439 e. The lowest BCUT2D eigenvalue weighted by molar-refractivity contribution is 0.518. The summed E-state index contributed by atoms with van der Waals surface area (Å²) in [4.78, 5) is 4.33. The van der Waals surface area contributed by atoms with Crippen LogP contribution in [0.15, 0.2) is 16.5 Å². The highest BCUT2D eigenvalue weighted by Crippen LogP contribution is 2.28. The average molecular weight is 259 g/mol. The lowest BCUT2D eigenvalue weighted by atomic mass is 10.3. The first-order valence-corrected chi connectivity index (χ1v) is 5.91. The number of benzene rings is 1. The van der Waals surface area contributed by atoms with E-state index in [0.29, 0.717) is 27.0 Å². The summed E-state index contributed by atoms with van der Waals surface area (Å²) in [6.07, 6.45) is 0.746. The largest absolute Gasteiger partial charge is 0.439 e. The molecule has 3 nitrogen and oxygen atoms in total. The summed E-state index contributed by atoms with van der Waals surface area (Å²) in [7, 11) is 0. The van der Waals surface area contributed by atoms with Crippen LogP contribution in [-0.4, -0.2) is 18.1 Å². The quantitative estimate of drug-likeness (QED) is 0.856. The number of likely N-dealkylation sites (N-methyl/N-ethyl adjacent to an activating group) is 1. The molecule has 1 aromatic heterocycles. The van der Waals surface area contributed by atoms with Crippen LogP contribution in [0, 0.1) is 0 Å². The number of hydrogen-bond acceptors (Lipinski definition) is 3. The highest BCUT2D eigenvalue weighted by molar-refractivity contribution is 6.37. The van der Waals surface area contributed by atoms with Gasteiger partial charge in [0.15, 0.2) is 11.5 Å². The van der Waals surface area contributed by atoms with Crippen molar-refractivity contribution in [2.24, 2.45) is 0 Å². The number of nitrogens with one attached hydrogen (secondary N) is 1. The molecule has 0 saturated heterocycles. The van der Waals surface area contributed by atoms with Crippen molar-refractivity contribution >= 4 is 34.3 Å². The second kappa shape index (κ2) is 5.04. The molecule has 5 heteroatoms. The Morgan fingerprint density at radius 1 is 1.38 bits per heavy atom. The lowest BCUT2D eigenvalue weighted by Crippen LogP contribution is -2.16. The van der Waals surface area contributed by atoms with Gasteiger partial charge >= 0.3 is 0 Å². The van der Waals surface area contributed by atoms with Gasteiger partial charge < -0.3 is 9.73 Å². The summed E-state index contributed by atoms with van der Waals surface area (Å²) in [5.74, 6) is 0.681. The molecule has 0 unspecified atom stereocenters. The number of halogens is 2. The number of aromatic nitrogens is 1. The molecule has 0 amide bonds. The van der Waals surface area contributed by atoms with Crippen molar-refractivity contribution in [3.05, 3.63) is 28.1 Å². The summed E-state index contributed by atoms with van der Waals surface area (Å²) >= 11 is 11.9. The number of nitrogens with zero attached hydrogens (tertiary/aromatic N) is 1. The van der Waals surface area contributed by atoms with E-state index in [1.807, 2.05) is 0 Å². The van der Waals surface area contributed by atoms with Gasteiger partial charge in [0, 0.05) is 18.0 Å². The van der Waals surface area contributed by atoms with Crippen molar-refractivity contribution in [1.82, 2.24) is 10.3 Å². The van der Waals surface area contributed by atoms with Crippen LogP contribution in [0.4, 0.5) is 0 Å². The maximum absolute atomic E-state index is 6.00.